The van der Waals surface area contributed by atoms with Gasteiger partial charge in [-0.25, -0.2) is 13.1 Å². The van der Waals surface area contributed by atoms with Crippen LogP contribution in [0.1, 0.15) is 18.4 Å². The number of nitrogens with zero attached hydrogens (tertiary/aromatic N) is 1. The molecule has 108 valence electrons. The molecule has 1 aromatic carbocycles. The third-order valence-corrected chi connectivity index (χ3v) is 6.45. The maximum Gasteiger partial charge on any atom is 0.242 e. The molecular formula is C12H13ClN2O3S2. The Labute approximate surface area is 125 Å². The molecule has 1 N–H and O–H groups in total. The van der Waals surface area contributed by atoms with Gasteiger partial charge in [0.2, 0.25) is 10.0 Å². The van der Waals surface area contributed by atoms with E-state index in [0.717, 1.165) is 0 Å². The molecule has 5 nitrogen and oxygen atoms in total. The molecule has 0 saturated carbocycles. The van der Waals surface area contributed by atoms with E-state index in [1.165, 1.54) is 18.2 Å². The van der Waals surface area contributed by atoms with Crippen molar-refractivity contribution >= 4 is 32.4 Å². The number of halogens is 1. The van der Waals surface area contributed by atoms with Crippen LogP contribution >= 0.6 is 11.6 Å². The molecule has 0 unspecified atom stereocenters. The molecule has 0 aromatic heterocycles. The van der Waals surface area contributed by atoms with E-state index in [2.05, 4.69) is 4.72 Å². The number of sulfonamides is 1. The third-order valence-electron chi connectivity index (χ3n) is 3.06. The Morgan fingerprint density at radius 3 is 2.55 bits per heavy atom. The van der Waals surface area contributed by atoms with Gasteiger partial charge in [-0.3, -0.25) is 4.21 Å². The molecule has 1 aliphatic heterocycles. The first kappa shape index (κ1) is 15.4. The van der Waals surface area contributed by atoms with Gasteiger partial charge in [0, 0.05) is 28.3 Å². The zero-order valence-corrected chi connectivity index (χ0v) is 12.9. The van der Waals surface area contributed by atoms with Crippen LogP contribution in [-0.2, 0) is 20.8 Å². The van der Waals surface area contributed by atoms with Crippen molar-refractivity contribution in [2.45, 2.75) is 23.8 Å². The van der Waals surface area contributed by atoms with Crippen molar-refractivity contribution in [3.8, 4) is 6.07 Å². The van der Waals surface area contributed by atoms with Crippen LogP contribution < -0.4 is 4.72 Å². The Morgan fingerprint density at radius 2 is 2.00 bits per heavy atom. The summed E-state index contributed by atoms with van der Waals surface area (Å²) in [6.07, 6.45) is 1.11. The van der Waals surface area contributed by atoms with Gasteiger partial charge in [0.1, 0.15) is 4.90 Å². The molecule has 20 heavy (non-hydrogen) atoms. The molecule has 1 aliphatic rings. The fraction of sp³-hybridized carbons (Fsp3) is 0.417. The van der Waals surface area contributed by atoms with Crippen LogP contribution in [0.25, 0.3) is 0 Å². The number of benzene rings is 1. The maximum atomic E-state index is 12.2. The third kappa shape index (κ3) is 3.58. The Hall–Kier alpha value is -0.940. The predicted molar refractivity (Wildman–Crippen MR) is 77.4 cm³/mol. The SMILES string of the molecule is N#Cc1ccc(S(=O)(=O)NC2CCS(=O)CC2)c(Cl)c1. The van der Waals surface area contributed by atoms with Crippen LogP contribution in [0.15, 0.2) is 23.1 Å². The second-order valence-corrected chi connectivity index (χ2v) is 8.29. The van der Waals surface area contributed by atoms with E-state index in [1.54, 1.807) is 0 Å². The second kappa shape index (κ2) is 6.22. The van der Waals surface area contributed by atoms with Crippen molar-refractivity contribution in [2.75, 3.05) is 11.5 Å². The first-order chi connectivity index (χ1) is 9.42. The van der Waals surface area contributed by atoms with E-state index in [1.807, 2.05) is 6.07 Å². The van der Waals surface area contributed by atoms with E-state index >= 15 is 0 Å². The lowest BCUT2D eigenvalue weighted by Gasteiger charge is -2.22. The van der Waals surface area contributed by atoms with Crippen molar-refractivity contribution in [2.24, 2.45) is 0 Å². The molecule has 0 bridgehead atoms. The highest BCUT2D eigenvalue weighted by atomic mass is 35.5. The molecule has 2 rings (SSSR count). The molecule has 0 atom stereocenters. The number of rotatable bonds is 3. The summed E-state index contributed by atoms with van der Waals surface area (Å²) >= 11 is 5.91. The van der Waals surface area contributed by atoms with Gasteiger partial charge in [0.05, 0.1) is 16.7 Å². The summed E-state index contributed by atoms with van der Waals surface area (Å²) in [7, 11) is -4.56. The van der Waals surface area contributed by atoms with Crippen LogP contribution in [0.2, 0.25) is 5.02 Å². The highest BCUT2D eigenvalue weighted by Crippen LogP contribution is 2.23. The standard InChI is InChI=1S/C12H13ClN2O3S2/c13-11-7-9(8-14)1-2-12(11)20(17,18)15-10-3-5-19(16)6-4-10/h1-2,7,10,15H,3-6H2. The van der Waals surface area contributed by atoms with Gasteiger partial charge in [-0.05, 0) is 31.0 Å². The predicted octanol–water partition coefficient (Wildman–Crippen LogP) is 1.40. The van der Waals surface area contributed by atoms with Crippen LogP contribution in [-0.4, -0.2) is 30.2 Å². The zero-order valence-electron chi connectivity index (χ0n) is 10.5. The Bertz CT molecular complexity index is 672. The molecule has 0 aliphatic carbocycles. The number of nitrogens with one attached hydrogen (secondary N) is 1. The normalized spacial score (nSPS) is 23.2. The summed E-state index contributed by atoms with van der Waals surface area (Å²) in [5.41, 5.74) is 0.307. The quantitative estimate of drug-likeness (QED) is 0.906. The lowest BCUT2D eigenvalue weighted by molar-refractivity contribution is 0.522. The van der Waals surface area contributed by atoms with Gasteiger partial charge in [-0.1, -0.05) is 11.6 Å². The van der Waals surface area contributed by atoms with Crippen LogP contribution in [0, 0.1) is 11.3 Å². The smallest absolute Gasteiger partial charge is 0.242 e. The number of hydrogen-bond donors (Lipinski definition) is 1. The monoisotopic (exact) mass is 332 g/mol. The summed E-state index contributed by atoms with van der Waals surface area (Å²) in [5.74, 6) is 1.02. The van der Waals surface area contributed by atoms with Crippen molar-refractivity contribution in [1.82, 2.24) is 4.72 Å². The van der Waals surface area contributed by atoms with E-state index in [-0.39, 0.29) is 16.0 Å². The molecular weight excluding hydrogens is 320 g/mol. The molecule has 1 aromatic rings. The molecule has 0 radical (unpaired) electrons. The lowest BCUT2D eigenvalue weighted by Crippen LogP contribution is -2.39. The van der Waals surface area contributed by atoms with Gasteiger partial charge in [0.25, 0.3) is 0 Å². The van der Waals surface area contributed by atoms with Crippen molar-refractivity contribution < 1.29 is 12.6 Å². The topological polar surface area (TPSA) is 87.0 Å². The summed E-state index contributed by atoms with van der Waals surface area (Å²) in [4.78, 5) is -0.0372. The highest BCUT2D eigenvalue weighted by Gasteiger charge is 2.25. The number of hydrogen-bond acceptors (Lipinski definition) is 4. The fourth-order valence-corrected chi connectivity index (χ4v) is 5.13. The highest BCUT2D eigenvalue weighted by molar-refractivity contribution is 7.89. The molecule has 1 heterocycles. The second-order valence-electron chi connectivity index (χ2n) is 4.50. The summed E-state index contributed by atoms with van der Waals surface area (Å²) in [6, 6.07) is 5.74. The van der Waals surface area contributed by atoms with E-state index in [0.29, 0.717) is 29.9 Å². The van der Waals surface area contributed by atoms with Gasteiger partial charge < -0.3 is 0 Å². The average molecular weight is 333 g/mol. The van der Waals surface area contributed by atoms with Gasteiger partial charge in [-0.2, -0.15) is 5.26 Å². The molecule has 1 fully saturated rings. The Kier molecular flexibility index (Phi) is 4.81. The Balaban J connectivity index is 2.18. The minimum Gasteiger partial charge on any atom is -0.260 e. The van der Waals surface area contributed by atoms with E-state index in [4.69, 9.17) is 16.9 Å². The van der Waals surface area contributed by atoms with E-state index < -0.39 is 20.8 Å². The maximum absolute atomic E-state index is 12.2. The van der Waals surface area contributed by atoms with Crippen LogP contribution in [0.5, 0.6) is 0 Å². The molecule has 0 amide bonds. The minimum absolute atomic E-state index is 0.0240. The summed E-state index contributed by atoms with van der Waals surface area (Å²) in [6.45, 7) is 0. The van der Waals surface area contributed by atoms with Crippen LogP contribution in [0.4, 0.5) is 0 Å². The summed E-state index contributed by atoms with van der Waals surface area (Å²) in [5, 5.41) is 8.76. The molecule has 8 heteroatoms. The minimum atomic E-state index is -3.72. The van der Waals surface area contributed by atoms with Gasteiger partial charge >= 0.3 is 0 Å². The zero-order chi connectivity index (χ0) is 14.8. The van der Waals surface area contributed by atoms with Crippen LogP contribution in [0.3, 0.4) is 0 Å². The average Bonchev–Trinajstić information content (AvgIpc) is 2.40. The fourth-order valence-electron chi connectivity index (χ4n) is 1.98. The Morgan fingerprint density at radius 1 is 1.35 bits per heavy atom. The first-order valence-electron chi connectivity index (χ1n) is 5.99. The largest absolute Gasteiger partial charge is 0.260 e. The van der Waals surface area contributed by atoms with Gasteiger partial charge in [0.15, 0.2) is 0 Å². The summed E-state index contributed by atoms with van der Waals surface area (Å²) < 4.78 is 38.3. The molecule has 0 spiro atoms. The number of nitriles is 1. The lowest BCUT2D eigenvalue weighted by atomic mass is 10.2. The molecule has 1 saturated heterocycles. The van der Waals surface area contributed by atoms with E-state index in [9.17, 15) is 12.6 Å². The van der Waals surface area contributed by atoms with Gasteiger partial charge in [-0.15, -0.1) is 0 Å². The van der Waals surface area contributed by atoms with Crippen molar-refractivity contribution in [3.63, 3.8) is 0 Å². The first-order valence-corrected chi connectivity index (χ1v) is 9.34. The van der Waals surface area contributed by atoms with Crippen molar-refractivity contribution in [1.29, 1.82) is 5.26 Å². The van der Waals surface area contributed by atoms with Crippen molar-refractivity contribution in [3.05, 3.63) is 28.8 Å².